The summed E-state index contributed by atoms with van der Waals surface area (Å²) in [6, 6.07) is 0. The second-order valence-electron chi connectivity index (χ2n) is 11.2. The fourth-order valence-electron chi connectivity index (χ4n) is 4.47. The van der Waals surface area contributed by atoms with Crippen LogP contribution in [0.15, 0.2) is 0 Å². The van der Waals surface area contributed by atoms with Crippen molar-refractivity contribution in [3.63, 3.8) is 0 Å². The average molecular weight is 611 g/mol. The Kier molecular flexibility index (Phi) is 29.1. The molecule has 0 fully saturated rings. The molecule has 0 radical (unpaired) electrons. The lowest BCUT2D eigenvalue weighted by molar-refractivity contribution is -0.154. The van der Waals surface area contributed by atoms with E-state index in [9.17, 15) is 19.4 Å². The molecular weight excluding hydrogens is 547 g/mol. The Balaban J connectivity index is 4.25. The van der Waals surface area contributed by atoms with Crippen molar-refractivity contribution in [1.82, 2.24) is 0 Å². The lowest BCUT2D eigenvalue weighted by atomic mass is 10.1. The van der Waals surface area contributed by atoms with Crippen molar-refractivity contribution in [1.29, 1.82) is 0 Å². The standard InChI is InChI=1S/C31H63O9P/c1-3-5-7-9-11-13-14-15-16-18-20-22-24-37-27-30(28-39-41(35,36)38-26-29(33)25-32)40-31(34)23-21-19-17-12-10-8-6-4-2/h29-30,32-33H,3-28H2,1-2H3,(H,35,36). The maximum Gasteiger partial charge on any atom is 0.472 e. The molecule has 0 aromatic rings. The molecule has 3 N–H and O–H groups in total. The number of unbranched alkanes of at least 4 members (excludes halogenated alkanes) is 18. The van der Waals surface area contributed by atoms with Crippen molar-refractivity contribution in [2.24, 2.45) is 0 Å². The van der Waals surface area contributed by atoms with E-state index < -0.39 is 33.2 Å². The summed E-state index contributed by atoms with van der Waals surface area (Å²) in [5, 5.41) is 18.2. The number of esters is 1. The van der Waals surface area contributed by atoms with Crippen LogP contribution in [0.1, 0.15) is 149 Å². The summed E-state index contributed by atoms with van der Waals surface area (Å²) >= 11 is 0. The van der Waals surface area contributed by atoms with E-state index in [1.165, 1.54) is 96.3 Å². The Morgan fingerprint density at radius 2 is 1.10 bits per heavy atom. The Bertz CT molecular complexity index is 620. The molecule has 0 saturated heterocycles. The Morgan fingerprint density at radius 3 is 1.59 bits per heavy atom. The minimum atomic E-state index is -4.49. The predicted molar refractivity (Wildman–Crippen MR) is 164 cm³/mol. The summed E-state index contributed by atoms with van der Waals surface area (Å²) in [5.41, 5.74) is 0. The zero-order valence-corrected chi connectivity index (χ0v) is 27.2. The van der Waals surface area contributed by atoms with Crippen LogP contribution in [0, 0.1) is 0 Å². The van der Waals surface area contributed by atoms with E-state index in [1.54, 1.807) is 0 Å². The SMILES string of the molecule is CCCCCCCCCCCCCCOCC(COP(=O)(O)OCC(O)CO)OC(=O)CCCCCCCCCC. The highest BCUT2D eigenvalue weighted by atomic mass is 31.2. The van der Waals surface area contributed by atoms with Gasteiger partial charge in [0.25, 0.3) is 0 Å². The van der Waals surface area contributed by atoms with Crippen LogP contribution in [-0.2, 0) is 27.9 Å². The van der Waals surface area contributed by atoms with Gasteiger partial charge in [-0.3, -0.25) is 13.8 Å². The second kappa shape index (κ2) is 29.5. The van der Waals surface area contributed by atoms with E-state index in [0.29, 0.717) is 6.61 Å². The van der Waals surface area contributed by atoms with Crippen LogP contribution in [0.4, 0.5) is 0 Å². The number of carbonyl (C=O) groups excluding carboxylic acids is 1. The zero-order valence-electron chi connectivity index (χ0n) is 26.3. The third kappa shape index (κ3) is 29.3. The van der Waals surface area contributed by atoms with Crippen LogP contribution in [0.25, 0.3) is 0 Å². The minimum absolute atomic E-state index is 0.0560. The molecule has 0 aliphatic rings. The molecule has 0 aromatic carbocycles. The van der Waals surface area contributed by atoms with Gasteiger partial charge >= 0.3 is 13.8 Å². The predicted octanol–water partition coefficient (Wildman–Crippen LogP) is 7.63. The van der Waals surface area contributed by atoms with Crippen molar-refractivity contribution in [2.45, 2.75) is 161 Å². The molecule has 3 unspecified atom stereocenters. The van der Waals surface area contributed by atoms with Crippen molar-refractivity contribution >= 4 is 13.8 Å². The Labute approximate surface area is 250 Å². The monoisotopic (exact) mass is 610 g/mol. The third-order valence-electron chi connectivity index (χ3n) is 7.04. The summed E-state index contributed by atoms with van der Waals surface area (Å²) < 4.78 is 33.0. The highest BCUT2D eigenvalue weighted by Gasteiger charge is 2.26. The van der Waals surface area contributed by atoms with Gasteiger partial charge in [-0.1, -0.05) is 129 Å². The minimum Gasteiger partial charge on any atom is -0.457 e. The largest absolute Gasteiger partial charge is 0.472 e. The summed E-state index contributed by atoms with van der Waals surface area (Å²) in [6.07, 6.45) is 22.1. The maximum absolute atomic E-state index is 12.4. The third-order valence-corrected chi connectivity index (χ3v) is 7.99. The van der Waals surface area contributed by atoms with Gasteiger partial charge in [-0.2, -0.15) is 0 Å². The van der Waals surface area contributed by atoms with Gasteiger partial charge in [-0.25, -0.2) is 4.57 Å². The number of carbonyl (C=O) groups is 1. The first kappa shape index (κ1) is 40.5. The van der Waals surface area contributed by atoms with Gasteiger partial charge in [0.1, 0.15) is 12.2 Å². The van der Waals surface area contributed by atoms with E-state index in [-0.39, 0.29) is 25.6 Å². The molecule has 9 nitrogen and oxygen atoms in total. The molecular formula is C31H63O9P. The van der Waals surface area contributed by atoms with Crippen LogP contribution < -0.4 is 0 Å². The van der Waals surface area contributed by atoms with Gasteiger partial charge in [-0.05, 0) is 12.8 Å². The number of hydrogen-bond donors (Lipinski definition) is 3. The molecule has 246 valence electrons. The normalized spacial score (nSPS) is 14.6. The topological polar surface area (TPSA) is 132 Å². The van der Waals surface area contributed by atoms with E-state index in [1.807, 2.05) is 0 Å². The summed E-state index contributed by atoms with van der Waals surface area (Å²) in [7, 11) is -4.49. The quantitative estimate of drug-likeness (QED) is 0.0399. The number of phosphoric acid groups is 1. The molecule has 0 aliphatic carbocycles. The lowest BCUT2D eigenvalue weighted by Crippen LogP contribution is -2.29. The maximum atomic E-state index is 12.4. The summed E-state index contributed by atoms with van der Waals surface area (Å²) in [6.45, 7) is 3.48. The van der Waals surface area contributed by atoms with Crippen LogP contribution in [0.2, 0.25) is 0 Å². The molecule has 0 aromatic heterocycles. The van der Waals surface area contributed by atoms with Gasteiger partial charge in [0.2, 0.25) is 0 Å². The average Bonchev–Trinajstić information content (AvgIpc) is 2.96. The first-order valence-corrected chi connectivity index (χ1v) is 18.0. The first-order valence-electron chi connectivity index (χ1n) is 16.5. The van der Waals surface area contributed by atoms with Gasteiger partial charge in [-0.15, -0.1) is 0 Å². The van der Waals surface area contributed by atoms with Crippen LogP contribution in [-0.4, -0.2) is 66.3 Å². The van der Waals surface area contributed by atoms with E-state index >= 15 is 0 Å². The highest BCUT2D eigenvalue weighted by Crippen LogP contribution is 2.43. The molecule has 0 spiro atoms. The fraction of sp³-hybridized carbons (Fsp3) is 0.968. The lowest BCUT2D eigenvalue weighted by Gasteiger charge is -2.20. The fourth-order valence-corrected chi connectivity index (χ4v) is 5.26. The molecule has 0 aliphatic heterocycles. The molecule has 10 heteroatoms. The van der Waals surface area contributed by atoms with Crippen LogP contribution >= 0.6 is 7.82 Å². The molecule has 0 amide bonds. The van der Waals surface area contributed by atoms with Crippen molar-refractivity contribution in [2.75, 3.05) is 33.0 Å². The van der Waals surface area contributed by atoms with E-state index in [4.69, 9.17) is 19.1 Å². The van der Waals surface area contributed by atoms with Crippen molar-refractivity contribution in [3.05, 3.63) is 0 Å². The smallest absolute Gasteiger partial charge is 0.457 e. The number of aliphatic hydroxyl groups is 2. The Morgan fingerprint density at radius 1 is 0.659 bits per heavy atom. The number of ether oxygens (including phenoxy) is 2. The number of phosphoric ester groups is 1. The number of aliphatic hydroxyl groups excluding tert-OH is 2. The van der Waals surface area contributed by atoms with E-state index in [2.05, 4.69) is 18.4 Å². The number of hydrogen-bond acceptors (Lipinski definition) is 8. The summed E-state index contributed by atoms with van der Waals surface area (Å²) in [5.74, 6) is -0.386. The van der Waals surface area contributed by atoms with Gasteiger partial charge < -0.3 is 24.6 Å². The molecule has 0 heterocycles. The zero-order chi connectivity index (χ0) is 30.4. The highest BCUT2D eigenvalue weighted by molar-refractivity contribution is 7.47. The van der Waals surface area contributed by atoms with Gasteiger partial charge in [0.15, 0.2) is 0 Å². The van der Waals surface area contributed by atoms with Crippen molar-refractivity contribution in [3.8, 4) is 0 Å². The molecule has 0 saturated carbocycles. The van der Waals surface area contributed by atoms with Crippen LogP contribution in [0.5, 0.6) is 0 Å². The van der Waals surface area contributed by atoms with Gasteiger partial charge in [0, 0.05) is 13.0 Å². The first-order chi connectivity index (χ1) is 19.8. The number of rotatable bonds is 32. The Hall–Kier alpha value is -0.540. The molecule has 0 rings (SSSR count). The molecule has 0 bridgehead atoms. The van der Waals surface area contributed by atoms with E-state index in [0.717, 1.165) is 32.1 Å². The summed E-state index contributed by atoms with van der Waals surface area (Å²) in [4.78, 5) is 22.2. The van der Waals surface area contributed by atoms with Gasteiger partial charge in [0.05, 0.1) is 26.4 Å². The molecule has 41 heavy (non-hydrogen) atoms. The van der Waals surface area contributed by atoms with Crippen molar-refractivity contribution < 1.29 is 43.0 Å². The molecule has 3 atom stereocenters. The second-order valence-corrected chi connectivity index (χ2v) is 12.7. The van der Waals surface area contributed by atoms with Crippen LogP contribution in [0.3, 0.4) is 0 Å².